The lowest BCUT2D eigenvalue weighted by Crippen LogP contribution is -1.73. The van der Waals surface area contributed by atoms with Gasteiger partial charge in [0.15, 0.2) is 0 Å². The molecule has 0 saturated carbocycles. The Morgan fingerprint density at radius 2 is 1.40 bits per heavy atom. The Balaban J connectivity index is 2.23. The maximum absolute atomic E-state index is 9.54. The zero-order chi connectivity index (χ0) is 10.5. The van der Waals surface area contributed by atoms with Crippen LogP contribution in [0.15, 0.2) is 54.6 Å². The fourth-order valence-electron chi connectivity index (χ4n) is 1.38. The fourth-order valence-corrected chi connectivity index (χ4v) is 1.38. The molecule has 0 aliphatic carbocycles. The summed E-state index contributed by atoms with van der Waals surface area (Å²) in [6.07, 6.45) is 3.89. The van der Waals surface area contributed by atoms with Gasteiger partial charge in [-0.25, -0.2) is 0 Å². The highest BCUT2D eigenvalue weighted by molar-refractivity contribution is 5.72. The van der Waals surface area contributed by atoms with Crippen molar-refractivity contribution in [2.24, 2.45) is 0 Å². The van der Waals surface area contributed by atoms with Crippen LogP contribution in [-0.4, -0.2) is 5.11 Å². The molecule has 0 saturated heterocycles. The highest BCUT2D eigenvalue weighted by Gasteiger charge is 1.93. The van der Waals surface area contributed by atoms with Crippen LogP contribution in [0.2, 0.25) is 0 Å². The molecule has 2 aromatic rings. The van der Waals surface area contributed by atoms with E-state index < -0.39 is 0 Å². The van der Waals surface area contributed by atoms with Gasteiger partial charge in [-0.2, -0.15) is 0 Å². The number of hydrogen-bond donors (Lipinski definition) is 1. The van der Waals surface area contributed by atoms with E-state index in [1.54, 1.807) is 6.07 Å². The zero-order valence-corrected chi connectivity index (χ0v) is 8.30. The molecule has 0 amide bonds. The Bertz CT molecular complexity index is 458. The van der Waals surface area contributed by atoms with Crippen LogP contribution in [0.1, 0.15) is 11.1 Å². The normalized spacial score (nSPS) is 10.7. The lowest BCUT2D eigenvalue weighted by molar-refractivity contribution is 0.474. The van der Waals surface area contributed by atoms with Gasteiger partial charge < -0.3 is 5.11 Å². The molecular formula is C14H12O. The lowest BCUT2D eigenvalue weighted by atomic mass is 10.1. The van der Waals surface area contributed by atoms with Crippen molar-refractivity contribution >= 4 is 12.2 Å². The second kappa shape index (κ2) is 4.47. The van der Waals surface area contributed by atoms with Crippen LogP contribution in [-0.2, 0) is 0 Å². The average molecular weight is 196 g/mol. The molecule has 1 nitrogen and oxygen atoms in total. The summed E-state index contributed by atoms with van der Waals surface area (Å²) >= 11 is 0. The summed E-state index contributed by atoms with van der Waals surface area (Å²) in [6, 6.07) is 17.3. The molecule has 0 aliphatic rings. The molecule has 1 heteroatoms. The van der Waals surface area contributed by atoms with Crippen molar-refractivity contribution in [2.75, 3.05) is 0 Å². The molecule has 0 atom stereocenters. The number of phenolic OH excluding ortho intramolecular Hbond substituents is 1. The van der Waals surface area contributed by atoms with E-state index >= 15 is 0 Å². The molecule has 15 heavy (non-hydrogen) atoms. The van der Waals surface area contributed by atoms with Crippen molar-refractivity contribution in [3.05, 3.63) is 65.7 Å². The van der Waals surface area contributed by atoms with Crippen molar-refractivity contribution in [3.63, 3.8) is 0 Å². The molecule has 0 heterocycles. The van der Waals surface area contributed by atoms with Crippen molar-refractivity contribution in [3.8, 4) is 5.75 Å². The summed E-state index contributed by atoms with van der Waals surface area (Å²) in [5, 5.41) is 9.54. The van der Waals surface area contributed by atoms with E-state index in [0.29, 0.717) is 5.75 Å². The average Bonchev–Trinajstić information content (AvgIpc) is 2.29. The van der Waals surface area contributed by atoms with Gasteiger partial charge in [-0.3, -0.25) is 0 Å². The monoisotopic (exact) mass is 196 g/mol. The third-order valence-electron chi connectivity index (χ3n) is 2.19. The zero-order valence-electron chi connectivity index (χ0n) is 8.30. The Morgan fingerprint density at radius 1 is 0.733 bits per heavy atom. The SMILES string of the molecule is Oc1ccccc1/C=C\c1ccccc1. The summed E-state index contributed by atoms with van der Waals surface area (Å²) in [4.78, 5) is 0. The van der Waals surface area contributed by atoms with Crippen LogP contribution in [0.4, 0.5) is 0 Å². The third kappa shape index (κ3) is 2.47. The second-order valence-electron chi connectivity index (χ2n) is 3.30. The number of hydrogen-bond acceptors (Lipinski definition) is 1. The van der Waals surface area contributed by atoms with Crippen molar-refractivity contribution in [1.29, 1.82) is 0 Å². The first-order valence-corrected chi connectivity index (χ1v) is 4.87. The molecule has 2 rings (SSSR count). The van der Waals surface area contributed by atoms with Gasteiger partial charge in [0.25, 0.3) is 0 Å². The molecule has 2 aromatic carbocycles. The van der Waals surface area contributed by atoms with Crippen LogP contribution < -0.4 is 0 Å². The van der Waals surface area contributed by atoms with E-state index in [-0.39, 0.29) is 0 Å². The summed E-state index contributed by atoms with van der Waals surface area (Å²) in [6.45, 7) is 0. The highest BCUT2D eigenvalue weighted by atomic mass is 16.3. The summed E-state index contributed by atoms with van der Waals surface area (Å²) in [7, 11) is 0. The van der Waals surface area contributed by atoms with E-state index in [0.717, 1.165) is 11.1 Å². The van der Waals surface area contributed by atoms with Crippen LogP contribution in [0.25, 0.3) is 12.2 Å². The van der Waals surface area contributed by atoms with Crippen molar-refractivity contribution in [1.82, 2.24) is 0 Å². The number of benzene rings is 2. The van der Waals surface area contributed by atoms with E-state index in [2.05, 4.69) is 0 Å². The van der Waals surface area contributed by atoms with Gasteiger partial charge >= 0.3 is 0 Å². The maximum Gasteiger partial charge on any atom is 0.122 e. The van der Waals surface area contributed by atoms with Gasteiger partial charge in [0.05, 0.1) is 0 Å². The predicted molar refractivity (Wildman–Crippen MR) is 63.5 cm³/mol. The lowest BCUT2D eigenvalue weighted by Gasteiger charge is -1.97. The molecule has 0 spiro atoms. The smallest absolute Gasteiger partial charge is 0.122 e. The molecule has 74 valence electrons. The van der Waals surface area contributed by atoms with Gasteiger partial charge in [0, 0.05) is 5.56 Å². The topological polar surface area (TPSA) is 20.2 Å². The molecular weight excluding hydrogens is 184 g/mol. The Morgan fingerprint density at radius 3 is 2.13 bits per heavy atom. The van der Waals surface area contributed by atoms with E-state index in [9.17, 15) is 5.11 Å². The van der Waals surface area contributed by atoms with Crippen LogP contribution in [0.5, 0.6) is 5.75 Å². The van der Waals surface area contributed by atoms with Crippen LogP contribution in [0, 0.1) is 0 Å². The predicted octanol–water partition coefficient (Wildman–Crippen LogP) is 3.56. The van der Waals surface area contributed by atoms with Gasteiger partial charge in [0.1, 0.15) is 5.75 Å². The number of para-hydroxylation sites is 1. The molecule has 1 N–H and O–H groups in total. The van der Waals surface area contributed by atoms with Gasteiger partial charge in [-0.15, -0.1) is 0 Å². The third-order valence-corrected chi connectivity index (χ3v) is 2.19. The second-order valence-corrected chi connectivity index (χ2v) is 3.30. The molecule has 0 aromatic heterocycles. The van der Waals surface area contributed by atoms with Gasteiger partial charge in [-0.05, 0) is 11.6 Å². The van der Waals surface area contributed by atoms with E-state index in [4.69, 9.17) is 0 Å². The molecule has 0 bridgehead atoms. The first-order valence-electron chi connectivity index (χ1n) is 4.87. The molecule has 0 radical (unpaired) electrons. The maximum atomic E-state index is 9.54. The molecule has 0 unspecified atom stereocenters. The minimum Gasteiger partial charge on any atom is -0.507 e. The largest absolute Gasteiger partial charge is 0.507 e. The molecule has 0 fully saturated rings. The van der Waals surface area contributed by atoms with Gasteiger partial charge in [-0.1, -0.05) is 60.7 Å². The molecule has 0 aliphatic heterocycles. The Hall–Kier alpha value is -2.02. The van der Waals surface area contributed by atoms with E-state index in [1.807, 2.05) is 60.7 Å². The minimum absolute atomic E-state index is 0.310. The van der Waals surface area contributed by atoms with Crippen molar-refractivity contribution in [2.45, 2.75) is 0 Å². The first kappa shape index (κ1) is 9.53. The number of phenols is 1. The standard InChI is InChI=1S/C14H12O/c15-14-9-5-4-8-13(14)11-10-12-6-2-1-3-7-12/h1-11,15H/b11-10-. The number of rotatable bonds is 2. The Kier molecular flexibility index (Phi) is 2.84. The minimum atomic E-state index is 0.310. The van der Waals surface area contributed by atoms with E-state index in [1.165, 1.54) is 0 Å². The van der Waals surface area contributed by atoms with Crippen molar-refractivity contribution < 1.29 is 5.11 Å². The fraction of sp³-hybridized carbons (Fsp3) is 0. The summed E-state index contributed by atoms with van der Waals surface area (Å²) in [5.74, 6) is 0.310. The van der Waals surface area contributed by atoms with Crippen LogP contribution in [0.3, 0.4) is 0 Å². The summed E-state index contributed by atoms with van der Waals surface area (Å²) in [5.41, 5.74) is 1.96. The quantitative estimate of drug-likeness (QED) is 0.728. The van der Waals surface area contributed by atoms with Gasteiger partial charge in [0.2, 0.25) is 0 Å². The Labute approximate surface area is 89.3 Å². The first-order chi connectivity index (χ1) is 7.36. The highest BCUT2D eigenvalue weighted by Crippen LogP contribution is 2.18. The van der Waals surface area contributed by atoms with Crippen LogP contribution >= 0.6 is 0 Å². The number of aromatic hydroxyl groups is 1. The summed E-state index contributed by atoms with van der Waals surface area (Å²) < 4.78 is 0.